The molecular weight excluding hydrogens is 230 g/mol. The summed E-state index contributed by atoms with van der Waals surface area (Å²) in [7, 11) is 0. The molecule has 1 aliphatic rings. The Kier molecular flexibility index (Phi) is 2.61. The molecule has 2 aromatic rings. The van der Waals surface area contributed by atoms with Crippen molar-refractivity contribution in [2.45, 2.75) is 19.5 Å². The van der Waals surface area contributed by atoms with Crippen LogP contribution in [0.1, 0.15) is 23.1 Å². The number of likely N-dealkylation sites (tertiary alicyclic amines) is 1. The Morgan fingerprint density at radius 2 is 2.39 bits per heavy atom. The summed E-state index contributed by atoms with van der Waals surface area (Å²) in [5.74, 6) is 0.841. The van der Waals surface area contributed by atoms with Gasteiger partial charge in [-0.15, -0.1) is 0 Å². The highest BCUT2D eigenvalue weighted by molar-refractivity contribution is 5.22. The van der Waals surface area contributed by atoms with E-state index < -0.39 is 0 Å². The van der Waals surface area contributed by atoms with Crippen molar-refractivity contribution in [3.05, 3.63) is 35.5 Å². The first-order valence-electron chi connectivity index (χ1n) is 5.83. The van der Waals surface area contributed by atoms with Gasteiger partial charge in [-0.2, -0.15) is 10.4 Å². The number of nitrogens with zero attached hydrogens (tertiary/aromatic N) is 5. The Balaban J connectivity index is 1.55. The van der Waals surface area contributed by atoms with E-state index in [0.717, 1.165) is 31.1 Å². The van der Waals surface area contributed by atoms with E-state index >= 15 is 0 Å². The molecule has 0 radical (unpaired) electrons. The predicted octanol–water partition coefficient (Wildman–Crippen LogP) is 1.11. The van der Waals surface area contributed by atoms with Gasteiger partial charge in [-0.05, 0) is 6.92 Å². The maximum atomic E-state index is 8.74. The fourth-order valence-electron chi connectivity index (χ4n) is 2.16. The number of nitriles is 1. The minimum Gasteiger partial charge on any atom is -0.361 e. The molecule has 0 aliphatic carbocycles. The highest BCUT2D eigenvalue weighted by atomic mass is 16.5. The normalized spacial score (nSPS) is 16.4. The van der Waals surface area contributed by atoms with Crippen molar-refractivity contribution < 1.29 is 4.52 Å². The minimum atomic E-state index is 0.361. The minimum absolute atomic E-state index is 0.361. The van der Waals surface area contributed by atoms with Crippen molar-refractivity contribution in [3.63, 3.8) is 0 Å². The van der Waals surface area contributed by atoms with Crippen molar-refractivity contribution in [1.82, 2.24) is 19.8 Å². The van der Waals surface area contributed by atoms with Gasteiger partial charge in [-0.3, -0.25) is 9.58 Å². The van der Waals surface area contributed by atoms with Gasteiger partial charge in [0.15, 0.2) is 0 Å². The van der Waals surface area contributed by atoms with Crippen LogP contribution in [0, 0.1) is 18.3 Å². The van der Waals surface area contributed by atoms with Crippen LogP contribution in [0.3, 0.4) is 0 Å². The Bertz CT molecular complexity index is 588. The van der Waals surface area contributed by atoms with Gasteiger partial charge in [0.25, 0.3) is 0 Å². The summed E-state index contributed by atoms with van der Waals surface area (Å²) < 4.78 is 6.90. The lowest BCUT2D eigenvalue weighted by atomic mass is 10.1. The lowest BCUT2D eigenvalue weighted by molar-refractivity contribution is 0.0883. The van der Waals surface area contributed by atoms with Crippen molar-refractivity contribution in [2.75, 3.05) is 13.1 Å². The maximum Gasteiger partial charge on any atom is 0.133 e. The van der Waals surface area contributed by atoms with Crippen molar-refractivity contribution >= 4 is 0 Å². The largest absolute Gasteiger partial charge is 0.361 e. The van der Waals surface area contributed by atoms with Crippen LogP contribution in [-0.4, -0.2) is 32.9 Å². The van der Waals surface area contributed by atoms with Crippen molar-refractivity contribution in [3.8, 4) is 6.07 Å². The molecule has 92 valence electrons. The predicted molar refractivity (Wildman–Crippen MR) is 62.5 cm³/mol. The van der Waals surface area contributed by atoms with E-state index in [1.807, 2.05) is 17.7 Å². The van der Waals surface area contributed by atoms with Gasteiger partial charge in [0, 0.05) is 31.9 Å². The smallest absolute Gasteiger partial charge is 0.133 e. The van der Waals surface area contributed by atoms with Gasteiger partial charge in [0.05, 0.1) is 23.5 Å². The van der Waals surface area contributed by atoms with Crippen LogP contribution in [0.2, 0.25) is 0 Å². The third kappa shape index (κ3) is 2.00. The molecule has 0 aromatic carbocycles. The molecule has 1 aliphatic heterocycles. The zero-order valence-corrected chi connectivity index (χ0v) is 10.1. The monoisotopic (exact) mass is 243 g/mol. The topological polar surface area (TPSA) is 70.9 Å². The van der Waals surface area contributed by atoms with Crippen LogP contribution >= 0.6 is 0 Å². The molecule has 0 amide bonds. The van der Waals surface area contributed by atoms with E-state index in [2.05, 4.69) is 21.2 Å². The molecular formula is C12H13N5O. The molecule has 3 rings (SSSR count). The fourth-order valence-corrected chi connectivity index (χ4v) is 2.16. The standard InChI is InChI=1S/C12H13N5O/c1-9-2-11(15-18-9)6-16-7-12(8-16)17-5-10(3-13)4-14-17/h2,4-5,12H,6-8H2,1H3. The number of aryl methyl sites for hydroxylation is 1. The van der Waals surface area contributed by atoms with Gasteiger partial charge in [0.1, 0.15) is 11.8 Å². The number of hydrogen-bond donors (Lipinski definition) is 0. The van der Waals surface area contributed by atoms with Crippen LogP contribution in [0.25, 0.3) is 0 Å². The second-order valence-corrected chi connectivity index (χ2v) is 4.60. The Labute approximate surface area is 104 Å². The van der Waals surface area contributed by atoms with Crippen LogP contribution in [0.5, 0.6) is 0 Å². The zero-order chi connectivity index (χ0) is 12.5. The maximum absolute atomic E-state index is 8.74. The summed E-state index contributed by atoms with van der Waals surface area (Å²) in [4.78, 5) is 2.27. The second kappa shape index (κ2) is 4.27. The summed E-state index contributed by atoms with van der Waals surface area (Å²) in [6.07, 6.45) is 3.39. The molecule has 18 heavy (non-hydrogen) atoms. The molecule has 0 N–H and O–H groups in total. The third-order valence-electron chi connectivity index (χ3n) is 3.10. The first kappa shape index (κ1) is 11.0. The quantitative estimate of drug-likeness (QED) is 0.807. The third-order valence-corrected chi connectivity index (χ3v) is 3.10. The summed E-state index contributed by atoms with van der Waals surface area (Å²) in [6, 6.07) is 4.40. The van der Waals surface area contributed by atoms with Gasteiger partial charge in [-0.25, -0.2) is 0 Å². The molecule has 0 bridgehead atoms. The van der Waals surface area contributed by atoms with Crippen LogP contribution in [-0.2, 0) is 6.54 Å². The Morgan fingerprint density at radius 3 is 3.00 bits per heavy atom. The van der Waals surface area contributed by atoms with E-state index in [9.17, 15) is 0 Å². The molecule has 0 saturated carbocycles. The van der Waals surface area contributed by atoms with Gasteiger partial charge in [-0.1, -0.05) is 5.16 Å². The molecule has 2 aromatic heterocycles. The fraction of sp³-hybridized carbons (Fsp3) is 0.417. The van der Waals surface area contributed by atoms with Crippen molar-refractivity contribution in [1.29, 1.82) is 5.26 Å². The number of hydrogen-bond acceptors (Lipinski definition) is 5. The molecule has 0 spiro atoms. The van der Waals surface area contributed by atoms with E-state index in [4.69, 9.17) is 9.78 Å². The number of rotatable bonds is 3. The van der Waals surface area contributed by atoms with Crippen LogP contribution in [0.15, 0.2) is 23.0 Å². The van der Waals surface area contributed by atoms with Crippen LogP contribution in [0.4, 0.5) is 0 Å². The van der Waals surface area contributed by atoms with E-state index in [0.29, 0.717) is 11.6 Å². The van der Waals surface area contributed by atoms with E-state index in [1.165, 1.54) is 0 Å². The number of aromatic nitrogens is 3. The molecule has 3 heterocycles. The molecule has 1 saturated heterocycles. The molecule has 0 unspecified atom stereocenters. The molecule has 6 nitrogen and oxygen atoms in total. The first-order chi connectivity index (χ1) is 8.74. The highest BCUT2D eigenvalue weighted by Crippen LogP contribution is 2.22. The van der Waals surface area contributed by atoms with Gasteiger partial charge in [0.2, 0.25) is 0 Å². The Hall–Kier alpha value is -2.13. The molecule has 1 fully saturated rings. The average Bonchev–Trinajstić information content (AvgIpc) is 2.91. The highest BCUT2D eigenvalue weighted by Gasteiger charge is 2.29. The van der Waals surface area contributed by atoms with E-state index in [1.54, 1.807) is 12.4 Å². The lowest BCUT2D eigenvalue weighted by Crippen LogP contribution is -2.47. The van der Waals surface area contributed by atoms with Gasteiger partial charge >= 0.3 is 0 Å². The lowest BCUT2D eigenvalue weighted by Gasteiger charge is -2.38. The molecule has 6 heteroatoms. The summed E-state index contributed by atoms with van der Waals surface area (Å²) in [6.45, 7) is 4.56. The van der Waals surface area contributed by atoms with Crippen molar-refractivity contribution in [2.24, 2.45) is 0 Å². The molecule has 0 atom stereocenters. The second-order valence-electron chi connectivity index (χ2n) is 4.60. The Morgan fingerprint density at radius 1 is 1.56 bits per heavy atom. The average molecular weight is 243 g/mol. The zero-order valence-electron chi connectivity index (χ0n) is 10.1. The van der Waals surface area contributed by atoms with E-state index in [-0.39, 0.29) is 0 Å². The van der Waals surface area contributed by atoms with Crippen LogP contribution < -0.4 is 0 Å². The SMILES string of the molecule is Cc1cc(CN2CC(n3cc(C#N)cn3)C2)no1. The summed E-state index contributed by atoms with van der Waals surface area (Å²) >= 11 is 0. The summed E-state index contributed by atoms with van der Waals surface area (Å²) in [5.41, 5.74) is 1.57. The summed E-state index contributed by atoms with van der Waals surface area (Å²) in [5, 5.41) is 16.9. The first-order valence-corrected chi connectivity index (χ1v) is 5.83. The van der Waals surface area contributed by atoms with Gasteiger partial charge < -0.3 is 4.52 Å².